The van der Waals surface area contributed by atoms with Crippen LogP contribution >= 0.6 is 0 Å². The molecule has 1 aliphatic rings. The Morgan fingerprint density at radius 1 is 1.17 bits per heavy atom. The van der Waals surface area contributed by atoms with Crippen molar-refractivity contribution in [2.24, 2.45) is 11.7 Å². The van der Waals surface area contributed by atoms with Crippen LogP contribution in [-0.4, -0.2) is 39.5 Å². The monoisotopic (exact) mass is 474 g/mol. The van der Waals surface area contributed by atoms with Gasteiger partial charge in [-0.15, -0.1) is 0 Å². The first-order chi connectivity index (χ1) is 16.7. The van der Waals surface area contributed by atoms with Gasteiger partial charge in [-0.3, -0.25) is 19.8 Å². The Balaban J connectivity index is 1.49. The number of fused-ring (bicyclic) bond motifs is 1. The number of likely N-dealkylation sites (tertiary alicyclic amines) is 1. The number of nitrogens with two attached hydrogens (primary N) is 1. The second-order valence-electron chi connectivity index (χ2n) is 9.98. The minimum atomic E-state index is -1.18. The normalized spacial score (nSPS) is 18.9. The SMILES string of the molecule is Cc1cc(CCc2ccc([C@]3(N)CCN(C(CC(C)C)C(=O)NO)C3=O)cc2)c2ccccc2n1. The maximum atomic E-state index is 13.4. The summed E-state index contributed by atoms with van der Waals surface area (Å²) in [7, 11) is 0. The number of hydrogen-bond donors (Lipinski definition) is 3. The Labute approximate surface area is 206 Å². The van der Waals surface area contributed by atoms with Crippen molar-refractivity contribution >= 4 is 22.7 Å². The van der Waals surface area contributed by atoms with Gasteiger partial charge < -0.3 is 10.6 Å². The third kappa shape index (κ3) is 5.06. The molecule has 2 heterocycles. The van der Waals surface area contributed by atoms with Crippen molar-refractivity contribution in [3.63, 3.8) is 0 Å². The third-order valence-corrected chi connectivity index (χ3v) is 6.96. The fourth-order valence-electron chi connectivity index (χ4n) is 5.07. The number of nitrogens with one attached hydrogen (secondary N) is 1. The van der Waals surface area contributed by atoms with E-state index < -0.39 is 17.5 Å². The summed E-state index contributed by atoms with van der Waals surface area (Å²) in [5, 5.41) is 10.4. The minimum absolute atomic E-state index is 0.179. The summed E-state index contributed by atoms with van der Waals surface area (Å²) < 4.78 is 0. The number of hydroxylamine groups is 1. The highest BCUT2D eigenvalue weighted by molar-refractivity contribution is 5.94. The van der Waals surface area contributed by atoms with Gasteiger partial charge in [0, 0.05) is 17.6 Å². The highest BCUT2D eigenvalue weighted by Crippen LogP contribution is 2.33. The van der Waals surface area contributed by atoms with Crippen LogP contribution in [0.2, 0.25) is 0 Å². The number of rotatable bonds is 8. The van der Waals surface area contributed by atoms with Crippen LogP contribution < -0.4 is 11.2 Å². The standard InChI is InChI=1S/C28H34N4O3/c1-18(2)16-25(26(33)31-35)32-15-14-28(29,27(32)34)22-12-9-20(10-13-22)8-11-21-17-19(3)30-24-7-5-4-6-23(21)24/h4-7,9-10,12-13,17-18,25,35H,8,11,14-16,29H2,1-3H3,(H,31,33)/t25?,28-/m1/s1. The van der Waals surface area contributed by atoms with Crippen molar-refractivity contribution in [3.05, 3.63) is 77.0 Å². The first kappa shape index (κ1) is 24.8. The van der Waals surface area contributed by atoms with E-state index in [2.05, 4.69) is 17.1 Å². The van der Waals surface area contributed by atoms with Crippen molar-refractivity contribution in [1.82, 2.24) is 15.4 Å². The van der Waals surface area contributed by atoms with E-state index in [4.69, 9.17) is 5.73 Å². The molecule has 0 spiro atoms. The van der Waals surface area contributed by atoms with Crippen molar-refractivity contribution in [1.29, 1.82) is 0 Å². The van der Waals surface area contributed by atoms with Gasteiger partial charge >= 0.3 is 0 Å². The molecule has 1 fully saturated rings. The number of nitrogens with zero attached hydrogens (tertiary/aromatic N) is 2. The molecule has 2 atom stereocenters. The van der Waals surface area contributed by atoms with E-state index in [0.29, 0.717) is 19.4 Å². The molecule has 7 nitrogen and oxygen atoms in total. The lowest BCUT2D eigenvalue weighted by molar-refractivity contribution is -0.144. The fourth-order valence-corrected chi connectivity index (χ4v) is 5.07. The molecule has 1 aromatic heterocycles. The number of benzene rings is 2. The molecule has 35 heavy (non-hydrogen) atoms. The molecule has 3 aromatic rings. The van der Waals surface area contributed by atoms with E-state index in [1.807, 2.05) is 63.2 Å². The van der Waals surface area contributed by atoms with Gasteiger partial charge in [0.25, 0.3) is 5.91 Å². The topological polar surface area (TPSA) is 109 Å². The van der Waals surface area contributed by atoms with Gasteiger partial charge in [-0.25, -0.2) is 5.48 Å². The van der Waals surface area contributed by atoms with Crippen LogP contribution in [-0.2, 0) is 28.0 Å². The Morgan fingerprint density at radius 2 is 1.89 bits per heavy atom. The largest absolute Gasteiger partial charge is 0.329 e. The predicted molar refractivity (Wildman–Crippen MR) is 136 cm³/mol. The minimum Gasteiger partial charge on any atom is -0.329 e. The highest BCUT2D eigenvalue weighted by Gasteiger charge is 2.48. The number of amides is 2. The lowest BCUT2D eigenvalue weighted by Crippen LogP contribution is -2.52. The number of carbonyl (C=O) groups excluding carboxylic acids is 2. The number of pyridine rings is 1. The van der Waals surface area contributed by atoms with E-state index in [1.165, 1.54) is 15.8 Å². The molecule has 1 unspecified atom stereocenters. The van der Waals surface area contributed by atoms with Crippen molar-refractivity contribution in [2.75, 3.05) is 6.54 Å². The number of carbonyl (C=O) groups is 2. The van der Waals surface area contributed by atoms with Gasteiger partial charge in [-0.1, -0.05) is 56.3 Å². The van der Waals surface area contributed by atoms with Crippen molar-refractivity contribution in [3.8, 4) is 0 Å². The molecule has 184 valence electrons. The second kappa shape index (κ2) is 10.1. The summed E-state index contributed by atoms with van der Waals surface area (Å²) >= 11 is 0. The summed E-state index contributed by atoms with van der Waals surface area (Å²) in [4.78, 5) is 31.8. The van der Waals surface area contributed by atoms with Gasteiger partial charge in [0.05, 0.1) is 5.52 Å². The van der Waals surface area contributed by atoms with Crippen molar-refractivity contribution in [2.45, 2.75) is 58.0 Å². The van der Waals surface area contributed by atoms with Crippen LogP contribution in [0.4, 0.5) is 0 Å². The Kier molecular flexibility index (Phi) is 7.19. The zero-order chi connectivity index (χ0) is 25.2. The van der Waals surface area contributed by atoms with Crippen LogP contribution in [0.5, 0.6) is 0 Å². The van der Waals surface area contributed by atoms with Gasteiger partial charge in [-0.05, 0) is 67.3 Å². The molecule has 0 aliphatic carbocycles. The number of aryl methyl sites for hydroxylation is 3. The zero-order valence-corrected chi connectivity index (χ0v) is 20.6. The first-order valence-electron chi connectivity index (χ1n) is 12.2. The molecule has 2 aromatic carbocycles. The van der Waals surface area contributed by atoms with Crippen LogP contribution in [0, 0.1) is 12.8 Å². The quantitative estimate of drug-likeness (QED) is 0.341. The molecule has 7 heteroatoms. The maximum Gasteiger partial charge on any atom is 0.266 e. The van der Waals surface area contributed by atoms with Crippen LogP contribution in [0.15, 0.2) is 54.6 Å². The highest BCUT2D eigenvalue weighted by atomic mass is 16.5. The molecule has 0 saturated carbocycles. The van der Waals surface area contributed by atoms with E-state index in [1.54, 1.807) is 5.48 Å². The predicted octanol–water partition coefficient (Wildman–Crippen LogP) is 3.63. The lowest BCUT2D eigenvalue weighted by atomic mass is 9.88. The van der Waals surface area contributed by atoms with Gasteiger partial charge in [0.15, 0.2) is 0 Å². The van der Waals surface area contributed by atoms with E-state index in [0.717, 1.165) is 35.2 Å². The van der Waals surface area contributed by atoms with Crippen LogP contribution in [0.1, 0.15) is 49.1 Å². The summed E-state index contributed by atoms with van der Waals surface area (Å²) in [6, 6.07) is 17.5. The lowest BCUT2D eigenvalue weighted by Gasteiger charge is -2.30. The molecular formula is C28H34N4O3. The molecule has 0 bridgehead atoms. The van der Waals surface area contributed by atoms with Crippen molar-refractivity contribution < 1.29 is 14.8 Å². The van der Waals surface area contributed by atoms with Gasteiger partial charge in [0.1, 0.15) is 11.6 Å². The molecule has 1 saturated heterocycles. The maximum absolute atomic E-state index is 13.4. The first-order valence-corrected chi connectivity index (χ1v) is 12.2. The smallest absolute Gasteiger partial charge is 0.266 e. The second-order valence-corrected chi connectivity index (χ2v) is 9.98. The van der Waals surface area contributed by atoms with E-state index >= 15 is 0 Å². The summed E-state index contributed by atoms with van der Waals surface area (Å²) in [6.07, 6.45) is 2.62. The fraction of sp³-hybridized carbons (Fsp3) is 0.393. The Morgan fingerprint density at radius 3 is 2.57 bits per heavy atom. The number of para-hydroxylation sites is 1. The van der Waals surface area contributed by atoms with Crippen LogP contribution in [0.25, 0.3) is 10.9 Å². The molecular weight excluding hydrogens is 440 g/mol. The van der Waals surface area contributed by atoms with E-state index in [9.17, 15) is 14.8 Å². The molecule has 4 rings (SSSR count). The number of hydrogen-bond acceptors (Lipinski definition) is 5. The summed E-state index contributed by atoms with van der Waals surface area (Å²) in [5.41, 5.74) is 12.4. The van der Waals surface area contributed by atoms with Gasteiger partial charge in [-0.2, -0.15) is 0 Å². The van der Waals surface area contributed by atoms with Gasteiger partial charge in [0.2, 0.25) is 5.91 Å². The average molecular weight is 475 g/mol. The third-order valence-electron chi connectivity index (χ3n) is 6.96. The Bertz CT molecular complexity index is 1220. The van der Waals surface area contributed by atoms with E-state index in [-0.39, 0.29) is 11.8 Å². The molecule has 0 radical (unpaired) electrons. The summed E-state index contributed by atoms with van der Waals surface area (Å²) in [5.74, 6) is -0.679. The molecule has 1 aliphatic heterocycles. The number of aromatic nitrogens is 1. The Hall–Kier alpha value is -3.29. The zero-order valence-electron chi connectivity index (χ0n) is 20.6. The molecule has 4 N–H and O–H groups in total. The molecule has 2 amide bonds. The average Bonchev–Trinajstić information content (AvgIpc) is 3.15. The van der Waals surface area contributed by atoms with Crippen LogP contribution in [0.3, 0.4) is 0 Å². The summed E-state index contributed by atoms with van der Waals surface area (Å²) in [6.45, 7) is 6.34.